The van der Waals surface area contributed by atoms with Crippen molar-refractivity contribution in [1.29, 1.82) is 0 Å². The smallest absolute Gasteiger partial charge is 0.390 e. The van der Waals surface area contributed by atoms with Gasteiger partial charge in [-0.2, -0.15) is 13.2 Å². The molecular formula is C13H21F3N2O3. The van der Waals surface area contributed by atoms with E-state index in [9.17, 15) is 28.2 Å². The molecule has 0 saturated carbocycles. The Labute approximate surface area is 121 Å². The summed E-state index contributed by atoms with van der Waals surface area (Å²) in [4.78, 5) is 13.4. The first-order chi connectivity index (χ1) is 9.63. The van der Waals surface area contributed by atoms with E-state index in [1.807, 2.05) is 6.92 Å². The van der Waals surface area contributed by atoms with E-state index in [-0.39, 0.29) is 13.1 Å². The van der Waals surface area contributed by atoms with Crippen LogP contribution >= 0.6 is 0 Å². The van der Waals surface area contributed by atoms with Crippen LogP contribution in [0.4, 0.5) is 13.2 Å². The summed E-state index contributed by atoms with van der Waals surface area (Å²) in [6.45, 7) is 2.02. The number of unbranched alkanes of at least 4 members (excludes halogenated alkanes) is 1. The van der Waals surface area contributed by atoms with Gasteiger partial charge in [-0.3, -0.25) is 10.1 Å². The van der Waals surface area contributed by atoms with E-state index in [4.69, 9.17) is 0 Å². The van der Waals surface area contributed by atoms with Crippen LogP contribution in [-0.2, 0) is 4.79 Å². The summed E-state index contributed by atoms with van der Waals surface area (Å²) in [7, 11) is 0. The predicted molar refractivity (Wildman–Crippen MR) is 68.2 cm³/mol. The van der Waals surface area contributed by atoms with E-state index < -0.39 is 42.3 Å². The predicted octanol–water partition coefficient (Wildman–Crippen LogP) is 0.753. The zero-order valence-corrected chi connectivity index (χ0v) is 11.9. The molecule has 2 saturated heterocycles. The molecule has 3 atom stereocenters. The van der Waals surface area contributed by atoms with Gasteiger partial charge in [0.2, 0.25) is 5.91 Å². The molecule has 21 heavy (non-hydrogen) atoms. The molecule has 0 radical (unpaired) electrons. The SMILES string of the molecule is CCCC[C@]12C[C@](O)(C(F)(F)F)CC(=O)N1C[C@H](O)CN2. The number of aliphatic hydroxyl groups excluding tert-OH is 1. The van der Waals surface area contributed by atoms with E-state index in [2.05, 4.69) is 5.32 Å². The van der Waals surface area contributed by atoms with Gasteiger partial charge in [0.15, 0.2) is 5.60 Å². The molecule has 0 aliphatic carbocycles. The Kier molecular flexibility index (Phi) is 4.25. The molecule has 1 amide bonds. The van der Waals surface area contributed by atoms with Crippen molar-refractivity contribution in [3.05, 3.63) is 0 Å². The molecule has 0 unspecified atom stereocenters. The highest BCUT2D eigenvalue weighted by Gasteiger charge is 2.64. The van der Waals surface area contributed by atoms with Crippen molar-refractivity contribution < 1.29 is 28.2 Å². The number of rotatable bonds is 3. The Hall–Kier alpha value is -0.860. The molecule has 5 nitrogen and oxygen atoms in total. The third-order valence-electron chi connectivity index (χ3n) is 4.38. The fourth-order valence-corrected chi connectivity index (χ4v) is 3.23. The zero-order chi connectivity index (χ0) is 15.9. The lowest BCUT2D eigenvalue weighted by molar-refractivity contribution is -0.286. The van der Waals surface area contributed by atoms with Gasteiger partial charge in [0.05, 0.1) is 18.2 Å². The molecule has 0 spiro atoms. The number of nitrogens with one attached hydrogen (secondary N) is 1. The zero-order valence-electron chi connectivity index (χ0n) is 11.9. The third kappa shape index (κ3) is 2.89. The summed E-state index contributed by atoms with van der Waals surface area (Å²) in [5.74, 6) is -0.775. The number of β-amino-alcohol motifs (C(OH)–C–C–N with tert-alkyl or cyclic N) is 1. The average molecular weight is 310 g/mol. The summed E-state index contributed by atoms with van der Waals surface area (Å²) >= 11 is 0. The minimum atomic E-state index is -4.86. The molecule has 2 aliphatic heterocycles. The van der Waals surface area contributed by atoms with Crippen molar-refractivity contribution in [3.8, 4) is 0 Å². The highest BCUT2D eigenvalue weighted by atomic mass is 19.4. The maximum absolute atomic E-state index is 13.1. The van der Waals surface area contributed by atoms with E-state index in [0.717, 1.165) is 6.42 Å². The minimum absolute atomic E-state index is 0.00346. The highest BCUT2D eigenvalue weighted by Crippen LogP contribution is 2.46. The van der Waals surface area contributed by atoms with Crippen LogP contribution in [0.2, 0.25) is 0 Å². The summed E-state index contributed by atoms with van der Waals surface area (Å²) in [6.07, 6.45) is -5.53. The summed E-state index contributed by atoms with van der Waals surface area (Å²) in [5, 5.41) is 22.5. The normalized spacial score (nSPS) is 37.5. The van der Waals surface area contributed by atoms with Gasteiger partial charge >= 0.3 is 6.18 Å². The molecule has 0 aromatic carbocycles. The molecule has 122 valence electrons. The van der Waals surface area contributed by atoms with Crippen molar-refractivity contribution in [1.82, 2.24) is 10.2 Å². The molecule has 2 rings (SSSR count). The number of fused-ring (bicyclic) bond motifs is 1. The van der Waals surface area contributed by atoms with Gasteiger partial charge in [0.1, 0.15) is 0 Å². The molecule has 2 heterocycles. The van der Waals surface area contributed by atoms with Gasteiger partial charge in [-0.15, -0.1) is 0 Å². The molecule has 0 aromatic rings. The Morgan fingerprint density at radius 3 is 2.71 bits per heavy atom. The molecule has 8 heteroatoms. The van der Waals surface area contributed by atoms with Crippen LogP contribution in [0.1, 0.15) is 39.0 Å². The topological polar surface area (TPSA) is 72.8 Å². The monoisotopic (exact) mass is 310 g/mol. The Bertz CT molecular complexity index is 414. The standard InChI is InChI=1S/C13H21F3N2O3/c1-2-3-4-12-8-11(21,13(14,15)16)5-10(20)18(12)7-9(19)6-17-12/h9,17,19,21H,2-8H2,1H3/t9-,11+,12-/m1/s1. The number of halogens is 3. The fourth-order valence-electron chi connectivity index (χ4n) is 3.23. The van der Waals surface area contributed by atoms with Crippen molar-refractivity contribution in [2.45, 2.75) is 62.6 Å². The largest absolute Gasteiger partial charge is 0.417 e. The number of piperidine rings is 1. The lowest BCUT2D eigenvalue weighted by atomic mass is 9.77. The summed E-state index contributed by atoms with van der Waals surface area (Å²) in [6, 6.07) is 0. The van der Waals surface area contributed by atoms with Gasteiger partial charge in [-0.1, -0.05) is 19.8 Å². The van der Waals surface area contributed by atoms with Gasteiger partial charge in [-0.25, -0.2) is 0 Å². The van der Waals surface area contributed by atoms with Crippen LogP contribution in [-0.4, -0.2) is 57.7 Å². The second-order valence-corrected chi connectivity index (χ2v) is 6.06. The lowest BCUT2D eigenvalue weighted by Crippen LogP contribution is -2.75. The number of nitrogens with zero attached hydrogens (tertiary/aromatic N) is 1. The quantitative estimate of drug-likeness (QED) is 0.719. The average Bonchev–Trinajstić information content (AvgIpc) is 2.37. The molecule has 2 fully saturated rings. The lowest BCUT2D eigenvalue weighted by Gasteiger charge is -2.56. The van der Waals surface area contributed by atoms with Crippen molar-refractivity contribution in [3.63, 3.8) is 0 Å². The Morgan fingerprint density at radius 1 is 1.48 bits per heavy atom. The number of alkyl halides is 3. The van der Waals surface area contributed by atoms with Crippen LogP contribution in [0.15, 0.2) is 0 Å². The Morgan fingerprint density at radius 2 is 2.14 bits per heavy atom. The highest BCUT2D eigenvalue weighted by molar-refractivity contribution is 5.79. The van der Waals surface area contributed by atoms with Crippen molar-refractivity contribution >= 4 is 5.91 Å². The van der Waals surface area contributed by atoms with Crippen LogP contribution in [0.25, 0.3) is 0 Å². The summed E-state index contributed by atoms with van der Waals surface area (Å²) in [5.41, 5.74) is -4.24. The fraction of sp³-hybridized carbons (Fsp3) is 0.923. The van der Waals surface area contributed by atoms with Crippen LogP contribution < -0.4 is 5.32 Å². The van der Waals surface area contributed by atoms with Gasteiger partial charge in [0, 0.05) is 19.5 Å². The number of amides is 1. The first kappa shape index (κ1) is 16.5. The van der Waals surface area contributed by atoms with Gasteiger partial charge < -0.3 is 15.1 Å². The number of hydrogen-bond donors (Lipinski definition) is 3. The molecule has 0 aromatic heterocycles. The second kappa shape index (κ2) is 5.40. The van der Waals surface area contributed by atoms with Crippen LogP contribution in [0.3, 0.4) is 0 Å². The number of carbonyl (C=O) groups excluding carboxylic acids is 1. The van der Waals surface area contributed by atoms with Crippen molar-refractivity contribution in [2.24, 2.45) is 0 Å². The maximum atomic E-state index is 13.1. The van der Waals surface area contributed by atoms with Gasteiger partial charge in [0.25, 0.3) is 0 Å². The minimum Gasteiger partial charge on any atom is -0.390 e. The number of carbonyl (C=O) groups is 1. The number of aliphatic hydroxyl groups is 2. The molecule has 3 N–H and O–H groups in total. The first-order valence-electron chi connectivity index (χ1n) is 7.16. The van der Waals surface area contributed by atoms with E-state index in [1.54, 1.807) is 0 Å². The molecule has 0 bridgehead atoms. The van der Waals surface area contributed by atoms with Crippen LogP contribution in [0.5, 0.6) is 0 Å². The van der Waals surface area contributed by atoms with E-state index >= 15 is 0 Å². The number of hydrogen-bond acceptors (Lipinski definition) is 4. The van der Waals surface area contributed by atoms with Crippen LogP contribution in [0, 0.1) is 0 Å². The molecular weight excluding hydrogens is 289 g/mol. The maximum Gasteiger partial charge on any atom is 0.417 e. The van der Waals surface area contributed by atoms with E-state index in [0.29, 0.717) is 12.8 Å². The van der Waals surface area contributed by atoms with Crippen molar-refractivity contribution in [2.75, 3.05) is 13.1 Å². The third-order valence-corrected chi connectivity index (χ3v) is 4.38. The Balaban J connectivity index is 2.34. The summed E-state index contributed by atoms with van der Waals surface area (Å²) < 4.78 is 39.4. The second-order valence-electron chi connectivity index (χ2n) is 6.06. The van der Waals surface area contributed by atoms with Gasteiger partial charge in [-0.05, 0) is 6.42 Å². The molecule has 2 aliphatic rings. The first-order valence-corrected chi connectivity index (χ1v) is 7.16. The van der Waals surface area contributed by atoms with E-state index in [1.165, 1.54) is 4.90 Å².